The second-order valence-electron chi connectivity index (χ2n) is 4.22. The molecule has 0 aromatic heterocycles. The summed E-state index contributed by atoms with van der Waals surface area (Å²) in [6.07, 6.45) is 0. The smallest absolute Gasteiger partial charge is 0.123 e. The average Bonchev–Trinajstić information content (AvgIpc) is 2.38. The highest BCUT2D eigenvalue weighted by atomic mass is 32.2. The molecule has 1 aromatic carbocycles. The van der Waals surface area contributed by atoms with Crippen LogP contribution in [-0.4, -0.2) is 23.6 Å². The van der Waals surface area contributed by atoms with Gasteiger partial charge in [-0.15, -0.1) is 0 Å². The van der Waals surface area contributed by atoms with Crippen molar-refractivity contribution in [2.24, 2.45) is 0 Å². The van der Waals surface area contributed by atoms with Crippen molar-refractivity contribution in [1.82, 2.24) is 5.32 Å². The van der Waals surface area contributed by atoms with E-state index in [0.29, 0.717) is 17.5 Å². The van der Waals surface area contributed by atoms with Crippen molar-refractivity contribution in [3.63, 3.8) is 0 Å². The van der Waals surface area contributed by atoms with Crippen LogP contribution in [0.15, 0.2) is 18.2 Å². The first kappa shape index (κ1) is 15.2. The van der Waals surface area contributed by atoms with E-state index >= 15 is 0 Å². The summed E-state index contributed by atoms with van der Waals surface area (Å²) >= 11 is 0. The Morgan fingerprint density at radius 2 is 2.11 bits per heavy atom. The molecule has 2 unspecified atom stereocenters. The molecule has 0 heterocycles. The van der Waals surface area contributed by atoms with Crippen molar-refractivity contribution in [2.45, 2.75) is 32.6 Å². The molecule has 0 bridgehead atoms. The molecule has 0 saturated heterocycles. The summed E-state index contributed by atoms with van der Waals surface area (Å²) < 4.78 is 17.0. The Labute approximate surface area is 112 Å². The van der Waals surface area contributed by atoms with E-state index in [1.54, 1.807) is 7.11 Å². The quantitative estimate of drug-likeness (QED) is 0.827. The van der Waals surface area contributed by atoms with E-state index in [0.717, 1.165) is 17.9 Å². The van der Waals surface area contributed by atoms with E-state index in [-0.39, 0.29) is 0 Å². The third-order valence-electron chi connectivity index (χ3n) is 2.95. The van der Waals surface area contributed by atoms with Gasteiger partial charge in [0.2, 0.25) is 0 Å². The second-order valence-corrected chi connectivity index (χ2v) is 5.97. The Bertz CT molecular complexity index is 407. The molecule has 0 aliphatic heterocycles. The van der Waals surface area contributed by atoms with Crippen molar-refractivity contribution in [3.8, 4) is 5.75 Å². The number of hydrogen-bond donors (Lipinski definition) is 1. The third kappa shape index (κ3) is 4.10. The van der Waals surface area contributed by atoms with Gasteiger partial charge in [-0.1, -0.05) is 19.9 Å². The average molecular weight is 269 g/mol. The maximum absolute atomic E-state index is 11.7. The van der Waals surface area contributed by atoms with Gasteiger partial charge in [-0.25, -0.2) is 0 Å². The van der Waals surface area contributed by atoms with E-state index < -0.39 is 10.8 Å². The van der Waals surface area contributed by atoms with Crippen LogP contribution in [0.25, 0.3) is 0 Å². The molecule has 3 nitrogen and oxygen atoms in total. The van der Waals surface area contributed by atoms with Crippen LogP contribution in [0.3, 0.4) is 0 Å². The molecular formula is C14H23NO2S. The SMILES string of the molecule is CCNC(C)c1ccc(OC)c(CS(=O)CC)c1. The van der Waals surface area contributed by atoms with Crippen LogP contribution in [0.5, 0.6) is 5.75 Å². The Kier molecular flexibility index (Phi) is 6.36. The molecular weight excluding hydrogens is 246 g/mol. The Morgan fingerprint density at radius 3 is 2.67 bits per heavy atom. The summed E-state index contributed by atoms with van der Waals surface area (Å²) in [5, 5.41) is 3.38. The van der Waals surface area contributed by atoms with Gasteiger partial charge in [-0.3, -0.25) is 4.21 Å². The van der Waals surface area contributed by atoms with E-state index in [4.69, 9.17) is 4.74 Å². The molecule has 0 aliphatic carbocycles. The zero-order valence-electron chi connectivity index (χ0n) is 11.7. The fraction of sp³-hybridized carbons (Fsp3) is 0.571. The van der Waals surface area contributed by atoms with Crippen molar-refractivity contribution >= 4 is 10.8 Å². The first-order valence-electron chi connectivity index (χ1n) is 6.37. The number of benzene rings is 1. The standard InChI is InChI=1S/C14H23NO2S/c1-5-15-11(3)12-7-8-14(17-4)13(9-12)10-18(16)6-2/h7-9,11,15H,5-6,10H2,1-4H3. The van der Waals surface area contributed by atoms with Gasteiger partial charge in [0.15, 0.2) is 0 Å². The van der Waals surface area contributed by atoms with Crippen LogP contribution >= 0.6 is 0 Å². The molecule has 0 saturated carbocycles. The van der Waals surface area contributed by atoms with E-state index in [2.05, 4.69) is 31.3 Å². The summed E-state index contributed by atoms with van der Waals surface area (Å²) in [6.45, 7) is 7.09. The summed E-state index contributed by atoms with van der Waals surface area (Å²) in [6, 6.07) is 6.42. The lowest BCUT2D eigenvalue weighted by atomic mass is 10.0. The predicted molar refractivity (Wildman–Crippen MR) is 77.5 cm³/mol. The maximum Gasteiger partial charge on any atom is 0.123 e. The van der Waals surface area contributed by atoms with Crippen molar-refractivity contribution in [2.75, 3.05) is 19.4 Å². The van der Waals surface area contributed by atoms with Crippen LogP contribution in [0.2, 0.25) is 0 Å². The molecule has 1 aromatic rings. The van der Waals surface area contributed by atoms with Gasteiger partial charge in [0, 0.05) is 28.2 Å². The van der Waals surface area contributed by atoms with Crippen LogP contribution in [0, 0.1) is 0 Å². The molecule has 0 fully saturated rings. The minimum absolute atomic E-state index is 0.301. The highest BCUT2D eigenvalue weighted by Crippen LogP contribution is 2.24. The molecule has 1 N–H and O–H groups in total. The summed E-state index contributed by atoms with van der Waals surface area (Å²) in [7, 11) is 0.838. The van der Waals surface area contributed by atoms with Crippen LogP contribution in [0.4, 0.5) is 0 Å². The van der Waals surface area contributed by atoms with Crippen molar-refractivity contribution < 1.29 is 8.95 Å². The zero-order valence-corrected chi connectivity index (χ0v) is 12.5. The Morgan fingerprint density at radius 1 is 1.39 bits per heavy atom. The summed E-state index contributed by atoms with van der Waals surface area (Å²) in [5.74, 6) is 2.06. The van der Waals surface area contributed by atoms with Gasteiger partial charge in [-0.2, -0.15) is 0 Å². The monoisotopic (exact) mass is 269 g/mol. The number of nitrogens with one attached hydrogen (secondary N) is 1. The lowest BCUT2D eigenvalue weighted by Gasteiger charge is -2.16. The van der Waals surface area contributed by atoms with Crippen molar-refractivity contribution in [1.29, 1.82) is 0 Å². The highest BCUT2D eigenvalue weighted by molar-refractivity contribution is 7.84. The van der Waals surface area contributed by atoms with Crippen LogP contribution in [-0.2, 0) is 16.6 Å². The Balaban J connectivity index is 2.97. The first-order valence-corrected chi connectivity index (χ1v) is 7.86. The summed E-state index contributed by atoms with van der Waals surface area (Å²) in [5.41, 5.74) is 2.24. The lowest BCUT2D eigenvalue weighted by Crippen LogP contribution is -2.18. The van der Waals surface area contributed by atoms with Gasteiger partial charge >= 0.3 is 0 Å². The minimum atomic E-state index is -0.815. The molecule has 0 aliphatic rings. The zero-order chi connectivity index (χ0) is 13.5. The molecule has 4 heteroatoms. The number of rotatable bonds is 7. The van der Waals surface area contributed by atoms with E-state index in [1.807, 2.05) is 13.0 Å². The summed E-state index contributed by atoms with van der Waals surface area (Å²) in [4.78, 5) is 0. The molecule has 102 valence electrons. The Hall–Kier alpha value is -0.870. The van der Waals surface area contributed by atoms with Crippen LogP contribution in [0.1, 0.15) is 37.9 Å². The lowest BCUT2D eigenvalue weighted by molar-refractivity contribution is 0.410. The molecule has 18 heavy (non-hydrogen) atoms. The fourth-order valence-electron chi connectivity index (χ4n) is 1.88. The normalized spacial score (nSPS) is 14.2. The molecule has 0 spiro atoms. The first-order chi connectivity index (χ1) is 8.62. The van der Waals surface area contributed by atoms with E-state index in [1.165, 1.54) is 5.56 Å². The van der Waals surface area contributed by atoms with E-state index in [9.17, 15) is 4.21 Å². The number of ether oxygens (including phenoxy) is 1. The van der Waals surface area contributed by atoms with Crippen LogP contribution < -0.4 is 10.1 Å². The predicted octanol–water partition coefficient (Wildman–Crippen LogP) is 2.63. The highest BCUT2D eigenvalue weighted by Gasteiger charge is 2.10. The molecule has 0 radical (unpaired) electrons. The topological polar surface area (TPSA) is 38.3 Å². The largest absolute Gasteiger partial charge is 0.496 e. The number of hydrogen-bond acceptors (Lipinski definition) is 3. The van der Waals surface area contributed by atoms with Gasteiger partial charge in [0.1, 0.15) is 5.75 Å². The molecule has 1 rings (SSSR count). The van der Waals surface area contributed by atoms with Gasteiger partial charge in [-0.05, 0) is 31.2 Å². The van der Waals surface area contributed by atoms with Gasteiger partial charge in [0.25, 0.3) is 0 Å². The van der Waals surface area contributed by atoms with Gasteiger partial charge in [0.05, 0.1) is 12.9 Å². The third-order valence-corrected chi connectivity index (χ3v) is 4.23. The minimum Gasteiger partial charge on any atom is -0.496 e. The number of methoxy groups -OCH3 is 1. The van der Waals surface area contributed by atoms with Crippen molar-refractivity contribution in [3.05, 3.63) is 29.3 Å². The fourth-order valence-corrected chi connectivity index (χ4v) is 2.66. The maximum atomic E-state index is 11.7. The molecule has 0 amide bonds. The van der Waals surface area contributed by atoms with Gasteiger partial charge < -0.3 is 10.1 Å². The molecule has 2 atom stereocenters. The second kappa shape index (κ2) is 7.54.